The number of aliphatic hydroxyl groups is 1. The third-order valence-electron chi connectivity index (χ3n) is 6.54. The van der Waals surface area contributed by atoms with E-state index in [9.17, 15) is 14.3 Å². The van der Waals surface area contributed by atoms with Crippen LogP contribution in [-0.4, -0.2) is 55.0 Å². The van der Waals surface area contributed by atoms with Crippen molar-refractivity contribution in [3.05, 3.63) is 82.6 Å². The second-order valence-electron chi connectivity index (χ2n) is 8.86. The third-order valence-corrected chi connectivity index (χ3v) is 6.84. The molecule has 0 saturated heterocycles. The number of nitrogens with zero attached hydrogens (tertiary/aromatic N) is 5. The van der Waals surface area contributed by atoms with Gasteiger partial charge in [0.15, 0.2) is 0 Å². The maximum Gasteiger partial charge on any atom is 0.271 e. The van der Waals surface area contributed by atoms with E-state index >= 15 is 0 Å². The van der Waals surface area contributed by atoms with Crippen LogP contribution in [0.1, 0.15) is 21.6 Å². The lowest BCUT2D eigenvalue weighted by atomic mass is 10.0. The Hall–Kier alpha value is -3.73. The maximum absolute atomic E-state index is 14.3. The van der Waals surface area contributed by atoms with E-state index in [1.807, 2.05) is 29.9 Å². The highest BCUT2D eigenvalue weighted by molar-refractivity contribution is 6.33. The van der Waals surface area contributed by atoms with E-state index in [2.05, 4.69) is 15.4 Å². The molecule has 0 aliphatic carbocycles. The molecule has 9 nitrogen and oxygen atoms in total. The van der Waals surface area contributed by atoms with E-state index in [0.29, 0.717) is 35.2 Å². The number of hydrogen-bond donors (Lipinski definition) is 2. The number of aliphatic hydroxyl groups excluding tert-OH is 1. The molecule has 1 aliphatic rings. The summed E-state index contributed by atoms with van der Waals surface area (Å²) in [5.74, 6) is 0.636. The minimum Gasteiger partial charge on any atom is -0.392 e. The van der Waals surface area contributed by atoms with Crippen molar-refractivity contribution in [2.24, 2.45) is 7.05 Å². The van der Waals surface area contributed by atoms with Crippen LogP contribution in [0.25, 0.3) is 11.1 Å². The molecular weight excluding hydrogens is 499 g/mol. The summed E-state index contributed by atoms with van der Waals surface area (Å²) in [6, 6.07) is 9.77. The van der Waals surface area contributed by atoms with Gasteiger partial charge >= 0.3 is 0 Å². The number of aryl methyl sites for hydroxylation is 1. The number of rotatable bonds is 8. The molecule has 3 aromatic heterocycles. The van der Waals surface area contributed by atoms with Gasteiger partial charge in [-0.15, -0.1) is 0 Å². The molecule has 0 unspecified atom stereocenters. The molecule has 37 heavy (non-hydrogen) atoms. The number of ether oxygens (including phenoxy) is 1. The summed E-state index contributed by atoms with van der Waals surface area (Å²) >= 11 is 6.51. The highest BCUT2D eigenvalue weighted by Gasteiger charge is 2.34. The number of benzene rings is 1. The van der Waals surface area contributed by atoms with Gasteiger partial charge in [-0.2, -0.15) is 5.10 Å². The minimum atomic E-state index is -0.499. The van der Waals surface area contributed by atoms with Crippen molar-refractivity contribution < 1.29 is 19.0 Å². The van der Waals surface area contributed by atoms with Crippen molar-refractivity contribution in [2.45, 2.75) is 25.7 Å². The SMILES string of the molecule is COC[C@H]1Cn2cc(-c3cc(Nc4ccnn4C)ncc3Cl)cc2C(=O)N1Cc1cccc(F)c1CO. The van der Waals surface area contributed by atoms with Crippen LogP contribution >= 0.6 is 11.6 Å². The van der Waals surface area contributed by atoms with Crippen LogP contribution in [0.2, 0.25) is 5.02 Å². The predicted octanol–water partition coefficient (Wildman–Crippen LogP) is 3.98. The molecule has 192 valence electrons. The zero-order valence-electron chi connectivity index (χ0n) is 20.4. The number of anilines is 2. The molecule has 0 fully saturated rings. The summed E-state index contributed by atoms with van der Waals surface area (Å²) in [5.41, 5.74) is 2.71. The number of fused-ring (bicyclic) bond motifs is 1. The lowest BCUT2D eigenvalue weighted by molar-refractivity contribution is 0.0386. The fourth-order valence-corrected chi connectivity index (χ4v) is 4.84. The van der Waals surface area contributed by atoms with Gasteiger partial charge in [-0.3, -0.25) is 9.48 Å². The summed E-state index contributed by atoms with van der Waals surface area (Å²) in [6.07, 6.45) is 5.14. The Balaban J connectivity index is 1.48. The second-order valence-corrected chi connectivity index (χ2v) is 9.27. The van der Waals surface area contributed by atoms with E-state index in [1.54, 1.807) is 47.3 Å². The van der Waals surface area contributed by atoms with E-state index < -0.39 is 12.4 Å². The van der Waals surface area contributed by atoms with Crippen LogP contribution in [0.5, 0.6) is 0 Å². The van der Waals surface area contributed by atoms with Gasteiger partial charge in [0.05, 0.1) is 30.5 Å². The zero-order valence-corrected chi connectivity index (χ0v) is 21.1. The van der Waals surface area contributed by atoms with Crippen molar-refractivity contribution in [1.82, 2.24) is 24.2 Å². The number of aromatic nitrogens is 4. The minimum absolute atomic E-state index is 0.149. The molecule has 0 spiro atoms. The second kappa shape index (κ2) is 10.3. The molecule has 0 bridgehead atoms. The fraction of sp³-hybridized carbons (Fsp3) is 0.269. The number of methoxy groups -OCH3 is 1. The fourth-order valence-electron chi connectivity index (χ4n) is 4.63. The third kappa shape index (κ3) is 4.83. The first-order valence-electron chi connectivity index (χ1n) is 11.7. The van der Waals surface area contributed by atoms with Crippen LogP contribution < -0.4 is 5.32 Å². The Morgan fingerprint density at radius 3 is 2.86 bits per heavy atom. The van der Waals surface area contributed by atoms with Crippen LogP contribution in [0.4, 0.5) is 16.0 Å². The average molecular weight is 525 g/mol. The van der Waals surface area contributed by atoms with Crippen molar-refractivity contribution in [1.29, 1.82) is 0 Å². The molecule has 0 radical (unpaired) electrons. The normalized spacial score (nSPS) is 15.2. The van der Waals surface area contributed by atoms with Gasteiger partial charge < -0.3 is 24.6 Å². The number of hydrogen-bond acceptors (Lipinski definition) is 6. The standard InChI is InChI=1S/C26H26ClFN6O3/c1-32-25(6-7-30-32)31-24-9-19(21(27)10-29-24)17-8-23-26(36)34(18(15-37-2)13-33(23)11-17)12-16-4-3-5-22(28)20(16)14-35/h3-11,18,35H,12-15H2,1-2H3,(H,29,31)/t18-/m1/s1. The molecule has 1 aliphatic heterocycles. The molecule has 11 heteroatoms. The Morgan fingerprint density at radius 1 is 1.30 bits per heavy atom. The Kier molecular flexibility index (Phi) is 6.96. The molecule has 4 heterocycles. The van der Waals surface area contributed by atoms with Crippen LogP contribution in [0, 0.1) is 5.82 Å². The molecule has 1 amide bonds. The number of carbonyl (C=O) groups excluding carboxylic acids is 1. The van der Waals surface area contributed by atoms with Gasteiger partial charge in [0, 0.05) is 62.4 Å². The zero-order chi connectivity index (χ0) is 26.1. The van der Waals surface area contributed by atoms with Crippen molar-refractivity contribution in [2.75, 3.05) is 19.0 Å². The monoisotopic (exact) mass is 524 g/mol. The quantitative estimate of drug-likeness (QED) is 0.362. The summed E-state index contributed by atoms with van der Waals surface area (Å²) in [6.45, 7) is 0.490. The maximum atomic E-state index is 14.3. The van der Waals surface area contributed by atoms with Gasteiger partial charge in [0.2, 0.25) is 0 Å². The lowest BCUT2D eigenvalue weighted by Crippen LogP contribution is -2.49. The van der Waals surface area contributed by atoms with Gasteiger partial charge in [0.1, 0.15) is 23.1 Å². The molecule has 5 rings (SSSR count). The van der Waals surface area contributed by atoms with Gasteiger partial charge in [-0.25, -0.2) is 9.37 Å². The van der Waals surface area contributed by atoms with Crippen LogP contribution in [-0.2, 0) is 31.5 Å². The lowest BCUT2D eigenvalue weighted by Gasteiger charge is -2.36. The van der Waals surface area contributed by atoms with Crippen molar-refractivity contribution >= 4 is 29.1 Å². The first-order valence-corrected chi connectivity index (χ1v) is 12.1. The first-order chi connectivity index (χ1) is 17.9. The van der Waals surface area contributed by atoms with Crippen LogP contribution in [0.3, 0.4) is 0 Å². The van der Waals surface area contributed by atoms with Crippen molar-refractivity contribution in [3.8, 4) is 11.1 Å². The first kappa shape index (κ1) is 24.9. The average Bonchev–Trinajstić information content (AvgIpc) is 3.49. The van der Waals surface area contributed by atoms with Gasteiger partial charge in [-0.1, -0.05) is 23.7 Å². The number of amides is 1. The summed E-state index contributed by atoms with van der Waals surface area (Å²) < 4.78 is 23.3. The van der Waals surface area contributed by atoms with Gasteiger partial charge in [0.25, 0.3) is 5.91 Å². The molecular formula is C26H26ClFN6O3. The molecule has 2 N–H and O–H groups in total. The smallest absolute Gasteiger partial charge is 0.271 e. The van der Waals surface area contributed by atoms with E-state index in [4.69, 9.17) is 16.3 Å². The Bertz CT molecular complexity index is 1450. The number of halogens is 2. The number of nitrogens with one attached hydrogen (secondary N) is 1. The molecule has 1 atom stereocenters. The number of carbonyl (C=O) groups is 1. The highest BCUT2D eigenvalue weighted by Crippen LogP contribution is 2.34. The number of pyridine rings is 1. The Labute approximate surface area is 218 Å². The van der Waals surface area contributed by atoms with Crippen LogP contribution in [0.15, 0.2) is 55.0 Å². The van der Waals surface area contributed by atoms with E-state index in [-0.39, 0.29) is 24.1 Å². The summed E-state index contributed by atoms with van der Waals surface area (Å²) in [7, 11) is 3.40. The highest BCUT2D eigenvalue weighted by atomic mass is 35.5. The molecule has 0 saturated carbocycles. The Morgan fingerprint density at radius 2 is 2.14 bits per heavy atom. The molecule has 1 aromatic carbocycles. The van der Waals surface area contributed by atoms with E-state index in [0.717, 1.165) is 16.9 Å². The van der Waals surface area contributed by atoms with E-state index in [1.165, 1.54) is 6.07 Å². The summed E-state index contributed by atoms with van der Waals surface area (Å²) in [5, 5.41) is 17.5. The summed E-state index contributed by atoms with van der Waals surface area (Å²) in [4.78, 5) is 19.7. The predicted molar refractivity (Wildman–Crippen MR) is 137 cm³/mol. The van der Waals surface area contributed by atoms with Crippen molar-refractivity contribution in [3.63, 3.8) is 0 Å². The van der Waals surface area contributed by atoms with Gasteiger partial charge in [-0.05, 0) is 23.8 Å². The topological polar surface area (TPSA) is 97.4 Å². The molecule has 4 aromatic rings. The largest absolute Gasteiger partial charge is 0.392 e.